The summed E-state index contributed by atoms with van der Waals surface area (Å²) >= 11 is 0. The lowest BCUT2D eigenvalue weighted by Gasteiger charge is -2.08. The van der Waals surface area contributed by atoms with E-state index >= 15 is 0 Å². The van der Waals surface area contributed by atoms with Crippen LogP contribution in [-0.4, -0.2) is 5.91 Å². The molecule has 0 radical (unpaired) electrons. The Labute approximate surface area is 126 Å². The van der Waals surface area contributed by atoms with Gasteiger partial charge in [-0.25, -0.2) is 0 Å². The zero-order valence-electron chi connectivity index (χ0n) is 12.9. The first-order valence-electron chi connectivity index (χ1n) is 7.18. The van der Waals surface area contributed by atoms with E-state index in [9.17, 15) is 4.79 Å². The monoisotopic (exact) mass is 282 g/mol. The number of nitrogens with two attached hydrogens (primary N) is 1. The zero-order chi connectivity index (χ0) is 15.4. The van der Waals surface area contributed by atoms with Gasteiger partial charge in [-0.2, -0.15) is 0 Å². The molecule has 0 aliphatic heterocycles. The summed E-state index contributed by atoms with van der Waals surface area (Å²) in [6.45, 7) is 6.08. The summed E-state index contributed by atoms with van der Waals surface area (Å²) in [6, 6.07) is 11.9. The van der Waals surface area contributed by atoms with Crippen molar-refractivity contribution in [2.24, 2.45) is 0 Å². The summed E-state index contributed by atoms with van der Waals surface area (Å²) in [6.07, 6.45) is 1.15. The number of hydrogen-bond donors (Lipinski definition) is 2. The Kier molecular flexibility index (Phi) is 4.63. The molecule has 110 valence electrons. The van der Waals surface area contributed by atoms with Crippen molar-refractivity contribution < 1.29 is 4.79 Å². The van der Waals surface area contributed by atoms with Crippen LogP contribution >= 0.6 is 0 Å². The molecule has 0 saturated heterocycles. The second-order valence-electron chi connectivity index (χ2n) is 5.54. The van der Waals surface area contributed by atoms with Crippen molar-refractivity contribution in [1.82, 2.24) is 0 Å². The first-order valence-corrected chi connectivity index (χ1v) is 7.18. The number of carbonyl (C=O) groups is 1. The number of anilines is 2. The number of hydrogen-bond acceptors (Lipinski definition) is 2. The van der Waals surface area contributed by atoms with Crippen molar-refractivity contribution in [2.45, 2.75) is 33.6 Å². The summed E-state index contributed by atoms with van der Waals surface area (Å²) < 4.78 is 0. The van der Waals surface area contributed by atoms with Gasteiger partial charge in [0.15, 0.2) is 0 Å². The minimum atomic E-state index is 0.0254. The molecule has 21 heavy (non-hydrogen) atoms. The second kappa shape index (κ2) is 6.44. The van der Waals surface area contributed by atoms with E-state index in [0.717, 1.165) is 22.5 Å². The molecule has 1 amide bonds. The van der Waals surface area contributed by atoms with Crippen molar-refractivity contribution in [1.29, 1.82) is 0 Å². The number of benzene rings is 2. The normalized spacial score (nSPS) is 10.4. The Balaban J connectivity index is 1.92. The van der Waals surface area contributed by atoms with Gasteiger partial charge in [0.1, 0.15) is 0 Å². The van der Waals surface area contributed by atoms with Crippen LogP contribution in [0.4, 0.5) is 11.4 Å². The molecule has 0 bridgehead atoms. The van der Waals surface area contributed by atoms with Gasteiger partial charge in [0.05, 0.1) is 0 Å². The van der Waals surface area contributed by atoms with Crippen LogP contribution in [-0.2, 0) is 11.2 Å². The SMILES string of the molecule is Cc1ccc(NC(=O)CCc2ccc(C)c(N)c2)cc1C. The molecule has 0 saturated carbocycles. The van der Waals surface area contributed by atoms with Gasteiger partial charge in [0.2, 0.25) is 5.91 Å². The number of nitrogens with one attached hydrogen (secondary N) is 1. The van der Waals surface area contributed by atoms with Gasteiger partial charge >= 0.3 is 0 Å². The standard InChI is InChI=1S/C18H22N2O/c1-12-5-8-16(10-14(12)3)20-18(21)9-7-15-6-4-13(2)17(19)11-15/h4-6,8,10-11H,7,9,19H2,1-3H3,(H,20,21). The van der Waals surface area contributed by atoms with E-state index in [4.69, 9.17) is 5.73 Å². The Hall–Kier alpha value is -2.29. The minimum absolute atomic E-state index is 0.0254. The number of amides is 1. The molecule has 0 aliphatic carbocycles. The number of nitrogen functional groups attached to an aromatic ring is 1. The van der Waals surface area contributed by atoms with Gasteiger partial charge in [0, 0.05) is 17.8 Å². The van der Waals surface area contributed by atoms with Gasteiger partial charge in [-0.15, -0.1) is 0 Å². The minimum Gasteiger partial charge on any atom is -0.399 e. The van der Waals surface area contributed by atoms with Crippen LogP contribution in [0.15, 0.2) is 36.4 Å². The second-order valence-corrected chi connectivity index (χ2v) is 5.54. The Morgan fingerprint density at radius 2 is 1.71 bits per heavy atom. The summed E-state index contributed by atoms with van der Waals surface area (Å²) in [5.74, 6) is 0.0254. The van der Waals surface area contributed by atoms with Crippen molar-refractivity contribution in [3.8, 4) is 0 Å². The molecule has 0 heterocycles. The summed E-state index contributed by atoms with van der Waals surface area (Å²) in [4.78, 5) is 12.0. The van der Waals surface area contributed by atoms with Crippen molar-refractivity contribution in [3.63, 3.8) is 0 Å². The van der Waals surface area contributed by atoms with Crippen LogP contribution in [0, 0.1) is 20.8 Å². The molecule has 3 nitrogen and oxygen atoms in total. The lowest BCUT2D eigenvalue weighted by Crippen LogP contribution is -2.12. The highest BCUT2D eigenvalue weighted by atomic mass is 16.1. The Morgan fingerprint density at radius 1 is 1.00 bits per heavy atom. The number of aryl methyl sites for hydroxylation is 4. The molecule has 0 aromatic heterocycles. The molecule has 3 heteroatoms. The fraction of sp³-hybridized carbons (Fsp3) is 0.278. The van der Waals surface area contributed by atoms with Crippen LogP contribution in [0.3, 0.4) is 0 Å². The van der Waals surface area contributed by atoms with Crippen LogP contribution in [0.1, 0.15) is 28.7 Å². The fourth-order valence-corrected chi connectivity index (χ4v) is 2.15. The molecule has 0 spiro atoms. The summed E-state index contributed by atoms with van der Waals surface area (Å²) in [5, 5.41) is 2.94. The van der Waals surface area contributed by atoms with Crippen molar-refractivity contribution in [2.75, 3.05) is 11.1 Å². The van der Waals surface area contributed by atoms with Gasteiger partial charge in [-0.05, 0) is 67.6 Å². The smallest absolute Gasteiger partial charge is 0.224 e. The van der Waals surface area contributed by atoms with E-state index in [1.807, 2.05) is 50.2 Å². The van der Waals surface area contributed by atoms with E-state index in [0.29, 0.717) is 12.8 Å². The molecule has 2 rings (SSSR count). The van der Waals surface area contributed by atoms with E-state index in [1.165, 1.54) is 11.1 Å². The molecule has 0 fully saturated rings. The maximum Gasteiger partial charge on any atom is 0.224 e. The molecule has 3 N–H and O–H groups in total. The quantitative estimate of drug-likeness (QED) is 0.839. The van der Waals surface area contributed by atoms with Gasteiger partial charge < -0.3 is 11.1 Å². The molecular weight excluding hydrogens is 260 g/mol. The average molecular weight is 282 g/mol. The zero-order valence-corrected chi connectivity index (χ0v) is 12.9. The highest BCUT2D eigenvalue weighted by Gasteiger charge is 2.05. The molecule has 2 aromatic rings. The highest BCUT2D eigenvalue weighted by Crippen LogP contribution is 2.16. The number of carbonyl (C=O) groups excluding carboxylic acids is 1. The molecular formula is C18H22N2O. The molecule has 0 unspecified atom stereocenters. The third-order valence-corrected chi connectivity index (χ3v) is 3.78. The van der Waals surface area contributed by atoms with E-state index in [2.05, 4.69) is 12.2 Å². The molecule has 0 atom stereocenters. The van der Waals surface area contributed by atoms with Crippen molar-refractivity contribution >= 4 is 17.3 Å². The highest BCUT2D eigenvalue weighted by molar-refractivity contribution is 5.91. The fourth-order valence-electron chi connectivity index (χ4n) is 2.15. The average Bonchev–Trinajstić information content (AvgIpc) is 2.44. The predicted octanol–water partition coefficient (Wildman–Crippen LogP) is 3.77. The van der Waals surface area contributed by atoms with E-state index in [1.54, 1.807) is 0 Å². The van der Waals surface area contributed by atoms with Gasteiger partial charge in [-0.3, -0.25) is 4.79 Å². The summed E-state index contributed by atoms with van der Waals surface area (Å²) in [7, 11) is 0. The largest absolute Gasteiger partial charge is 0.399 e. The van der Waals surface area contributed by atoms with E-state index < -0.39 is 0 Å². The van der Waals surface area contributed by atoms with Crippen LogP contribution in [0.2, 0.25) is 0 Å². The van der Waals surface area contributed by atoms with Crippen molar-refractivity contribution in [3.05, 3.63) is 58.7 Å². The van der Waals surface area contributed by atoms with E-state index in [-0.39, 0.29) is 5.91 Å². The molecule has 2 aromatic carbocycles. The van der Waals surface area contributed by atoms with Gasteiger partial charge in [-0.1, -0.05) is 18.2 Å². The third kappa shape index (κ3) is 4.09. The van der Waals surface area contributed by atoms with Crippen LogP contribution < -0.4 is 11.1 Å². The number of rotatable bonds is 4. The Morgan fingerprint density at radius 3 is 2.38 bits per heavy atom. The lowest BCUT2D eigenvalue weighted by molar-refractivity contribution is -0.116. The summed E-state index contributed by atoms with van der Waals surface area (Å²) in [5.41, 5.74) is 12.1. The predicted molar refractivity (Wildman–Crippen MR) is 88.5 cm³/mol. The maximum absolute atomic E-state index is 12.0. The van der Waals surface area contributed by atoms with Gasteiger partial charge in [0.25, 0.3) is 0 Å². The van der Waals surface area contributed by atoms with Crippen LogP contribution in [0.5, 0.6) is 0 Å². The first kappa shape index (κ1) is 15.1. The lowest BCUT2D eigenvalue weighted by atomic mass is 10.1. The first-order chi connectivity index (χ1) is 9.95. The maximum atomic E-state index is 12.0. The topological polar surface area (TPSA) is 55.1 Å². The third-order valence-electron chi connectivity index (χ3n) is 3.78. The van der Waals surface area contributed by atoms with Crippen LogP contribution in [0.25, 0.3) is 0 Å². The Bertz CT molecular complexity index is 662. The molecule has 0 aliphatic rings.